The predicted molar refractivity (Wildman–Crippen MR) is 84.2 cm³/mol. The standard InChI is InChI=1S/C16H20N2O2S/c1-11-3-4-12(2)18(11)14-6-8-21-15(14)16(20)17-7-5-13(9-17)10-19/h3-4,6,8,13,19H,5,7,9-10H2,1-2H3. The number of aryl methyl sites for hydroxylation is 2. The average molecular weight is 304 g/mol. The number of amides is 1. The number of carbonyl (C=O) groups excluding carboxylic acids is 1. The van der Waals surface area contributed by atoms with E-state index in [1.165, 1.54) is 11.3 Å². The van der Waals surface area contributed by atoms with Crippen molar-refractivity contribution in [3.05, 3.63) is 39.8 Å². The molecule has 3 heterocycles. The van der Waals surface area contributed by atoms with Crippen LogP contribution in [-0.2, 0) is 0 Å². The van der Waals surface area contributed by atoms with E-state index >= 15 is 0 Å². The second-order valence-electron chi connectivity index (χ2n) is 5.67. The highest BCUT2D eigenvalue weighted by Gasteiger charge is 2.29. The monoisotopic (exact) mass is 304 g/mol. The smallest absolute Gasteiger partial charge is 0.266 e. The molecule has 0 radical (unpaired) electrons. The van der Waals surface area contributed by atoms with E-state index in [9.17, 15) is 9.90 Å². The quantitative estimate of drug-likeness (QED) is 0.947. The molecule has 1 amide bonds. The van der Waals surface area contributed by atoms with Gasteiger partial charge in [-0.05, 0) is 43.8 Å². The van der Waals surface area contributed by atoms with Crippen molar-refractivity contribution in [1.82, 2.24) is 9.47 Å². The minimum absolute atomic E-state index is 0.0865. The van der Waals surface area contributed by atoms with Crippen LogP contribution in [0.3, 0.4) is 0 Å². The average Bonchev–Trinajstić information content (AvgIpc) is 3.18. The Balaban J connectivity index is 1.91. The van der Waals surface area contributed by atoms with Gasteiger partial charge < -0.3 is 14.6 Å². The van der Waals surface area contributed by atoms with Crippen LogP contribution in [0.4, 0.5) is 0 Å². The predicted octanol–water partition coefficient (Wildman–Crippen LogP) is 2.61. The highest BCUT2D eigenvalue weighted by atomic mass is 32.1. The minimum Gasteiger partial charge on any atom is -0.396 e. The third kappa shape index (κ3) is 2.51. The van der Waals surface area contributed by atoms with Gasteiger partial charge in [-0.15, -0.1) is 11.3 Å². The van der Waals surface area contributed by atoms with Crippen LogP contribution in [0, 0.1) is 19.8 Å². The molecule has 1 unspecified atom stereocenters. The molecule has 112 valence electrons. The van der Waals surface area contributed by atoms with Crippen molar-refractivity contribution >= 4 is 17.2 Å². The summed E-state index contributed by atoms with van der Waals surface area (Å²) in [5, 5.41) is 11.2. The molecule has 5 heteroatoms. The largest absolute Gasteiger partial charge is 0.396 e. The number of nitrogens with zero attached hydrogens (tertiary/aromatic N) is 2. The Kier molecular flexibility index (Phi) is 3.87. The van der Waals surface area contributed by atoms with Crippen LogP contribution >= 0.6 is 11.3 Å². The number of thiophene rings is 1. The van der Waals surface area contributed by atoms with E-state index in [-0.39, 0.29) is 18.4 Å². The number of likely N-dealkylation sites (tertiary alicyclic amines) is 1. The zero-order valence-corrected chi connectivity index (χ0v) is 13.2. The minimum atomic E-state index is 0.0865. The second-order valence-corrected chi connectivity index (χ2v) is 6.59. The van der Waals surface area contributed by atoms with Gasteiger partial charge in [0.2, 0.25) is 0 Å². The Morgan fingerprint density at radius 3 is 2.67 bits per heavy atom. The molecule has 0 bridgehead atoms. The molecule has 0 aliphatic carbocycles. The molecule has 0 saturated carbocycles. The van der Waals surface area contributed by atoms with Crippen LogP contribution in [0.15, 0.2) is 23.6 Å². The number of hydrogen-bond donors (Lipinski definition) is 1. The van der Waals surface area contributed by atoms with Gasteiger partial charge in [-0.1, -0.05) is 0 Å². The molecule has 1 fully saturated rings. The Labute approximate surface area is 128 Å². The van der Waals surface area contributed by atoms with Crippen LogP contribution < -0.4 is 0 Å². The van der Waals surface area contributed by atoms with Gasteiger partial charge >= 0.3 is 0 Å². The van der Waals surface area contributed by atoms with Gasteiger partial charge in [0.25, 0.3) is 5.91 Å². The van der Waals surface area contributed by atoms with E-state index in [4.69, 9.17) is 0 Å². The first-order chi connectivity index (χ1) is 10.1. The molecule has 1 N–H and O–H groups in total. The van der Waals surface area contributed by atoms with Crippen molar-refractivity contribution < 1.29 is 9.90 Å². The molecule has 0 aromatic carbocycles. The van der Waals surface area contributed by atoms with Crippen molar-refractivity contribution in [3.8, 4) is 5.69 Å². The highest BCUT2D eigenvalue weighted by molar-refractivity contribution is 7.12. The number of carbonyl (C=O) groups is 1. The molecule has 2 aromatic heterocycles. The van der Waals surface area contributed by atoms with Crippen LogP contribution in [-0.4, -0.2) is 40.2 Å². The molecule has 1 aliphatic rings. The van der Waals surface area contributed by atoms with Gasteiger partial charge in [0.05, 0.1) is 5.69 Å². The maximum Gasteiger partial charge on any atom is 0.266 e. The summed E-state index contributed by atoms with van der Waals surface area (Å²) in [4.78, 5) is 15.4. The lowest BCUT2D eigenvalue weighted by atomic mass is 10.1. The maximum absolute atomic E-state index is 12.7. The van der Waals surface area contributed by atoms with Crippen LogP contribution in [0.2, 0.25) is 0 Å². The zero-order chi connectivity index (χ0) is 15.0. The maximum atomic E-state index is 12.7. The SMILES string of the molecule is Cc1ccc(C)n1-c1ccsc1C(=O)N1CCC(CO)C1. The molecule has 1 saturated heterocycles. The van der Waals surface area contributed by atoms with E-state index in [0.717, 1.165) is 34.9 Å². The Morgan fingerprint density at radius 2 is 2.05 bits per heavy atom. The topological polar surface area (TPSA) is 45.5 Å². The van der Waals surface area contributed by atoms with Gasteiger partial charge in [-0.3, -0.25) is 4.79 Å². The first-order valence-electron chi connectivity index (χ1n) is 7.24. The third-order valence-electron chi connectivity index (χ3n) is 4.18. The summed E-state index contributed by atoms with van der Waals surface area (Å²) in [5.41, 5.74) is 3.24. The lowest BCUT2D eigenvalue weighted by Gasteiger charge is -2.17. The van der Waals surface area contributed by atoms with Crippen LogP contribution in [0.5, 0.6) is 0 Å². The Bertz CT molecular complexity index is 640. The lowest BCUT2D eigenvalue weighted by molar-refractivity contribution is 0.0786. The molecule has 3 rings (SSSR count). The van der Waals surface area contributed by atoms with Crippen molar-refractivity contribution in [2.45, 2.75) is 20.3 Å². The fourth-order valence-corrected chi connectivity index (χ4v) is 3.84. The van der Waals surface area contributed by atoms with Gasteiger partial charge in [0.15, 0.2) is 0 Å². The van der Waals surface area contributed by atoms with Gasteiger partial charge in [0, 0.05) is 37.0 Å². The summed E-state index contributed by atoms with van der Waals surface area (Å²) in [6, 6.07) is 6.15. The molecular formula is C16H20N2O2S. The third-order valence-corrected chi connectivity index (χ3v) is 5.07. The Morgan fingerprint density at radius 1 is 1.33 bits per heavy atom. The van der Waals surface area contributed by atoms with Crippen molar-refractivity contribution in [2.24, 2.45) is 5.92 Å². The molecule has 2 aromatic rings. The lowest BCUT2D eigenvalue weighted by Crippen LogP contribution is -2.29. The van der Waals surface area contributed by atoms with Gasteiger partial charge in [-0.2, -0.15) is 0 Å². The van der Waals surface area contributed by atoms with Gasteiger partial charge in [-0.25, -0.2) is 0 Å². The van der Waals surface area contributed by atoms with Crippen LogP contribution in [0.1, 0.15) is 27.5 Å². The number of aliphatic hydroxyl groups excluding tert-OH is 1. The second kappa shape index (κ2) is 5.66. The molecule has 4 nitrogen and oxygen atoms in total. The molecule has 1 aliphatic heterocycles. The number of aliphatic hydroxyl groups is 1. The Hall–Kier alpha value is -1.59. The fraction of sp³-hybridized carbons (Fsp3) is 0.438. The summed E-state index contributed by atoms with van der Waals surface area (Å²) in [7, 11) is 0. The van der Waals surface area contributed by atoms with E-state index in [1.807, 2.05) is 16.3 Å². The number of rotatable bonds is 3. The van der Waals surface area contributed by atoms with Gasteiger partial charge in [0.1, 0.15) is 4.88 Å². The first-order valence-corrected chi connectivity index (χ1v) is 8.12. The summed E-state index contributed by atoms with van der Waals surface area (Å²) in [5.74, 6) is 0.316. The fourth-order valence-electron chi connectivity index (χ4n) is 3.00. The molecule has 21 heavy (non-hydrogen) atoms. The molecular weight excluding hydrogens is 284 g/mol. The normalized spacial score (nSPS) is 18.4. The van der Waals surface area contributed by atoms with E-state index in [2.05, 4.69) is 30.5 Å². The molecule has 0 spiro atoms. The highest BCUT2D eigenvalue weighted by Crippen LogP contribution is 2.28. The first kappa shape index (κ1) is 14.4. The summed E-state index contributed by atoms with van der Waals surface area (Å²) >= 11 is 1.49. The summed E-state index contributed by atoms with van der Waals surface area (Å²) in [6.07, 6.45) is 0.893. The number of hydrogen-bond acceptors (Lipinski definition) is 3. The van der Waals surface area contributed by atoms with E-state index in [0.29, 0.717) is 6.54 Å². The summed E-state index contributed by atoms with van der Waals surface area (Å²) in [6.45, 7) is 5.67. The van der Waals surface area contributed by atoms with Crippen molar-refractivity contribution in [3.63, 3.8) is 0 Å². The van der Waals surface area contributed by atoms with E-state index < -0.39 is 0 Å². The molecule has 1 atom stereocenters. The zero-order valence-electron chi connectivity index (χ0n) is 12.4. The van der Waals surface area contributed by atoms with E-state index in [1.54, 1.807) is 0 Å². The van der Waals surface area contributed by atoms with Crippen LogP contribution in [0.25, 0.3) is 5.69 Å². The summed E-state index contributed by atoms with van der Waals surface area (Å²) < 4.78 is 2.13. The van der Waals surface area contributed by atoms with Crippen molar-refractivity contribution in [1.29, 1.82) is 0 Å². The number of aromatic nitrogens is 1. The van der Waals surface area contributed by atoms with Crippen molar-refractivity contribution in [2.75, 3.05) is 19.7 Å².